The molecule has 0 aromatic heterocycles. The van der Waals surface area contributed by atoms with Crippen molar-refractivity contribution < 1.29 is 8.42 Å². The van der Waals surface area contributed by atoms with Crippen LogP contribution in [0.3, 0.4) is 0 Å². The van der Waals surface area contributed by atoms with E-state index in [-0.39, 0.29) is 5.54 Å². The van der Waals surface area contributed by atoms with Gasteiger partial charge in [-0.2, -0.15) is 0 Å². The van der Waals surface area contributed by atoms with E-state index < -0.39 is 9.84 Å². The van der Waals surface area contributed by atoms with Gasteiger partial charge in [0.15, 0.2) is 0 Å². The third-order valence-corrected chi connectivity index (χ3v) is 3.58. The fraction of sp³-hybridized carbons (Fsp3) is 0.300. The molecule has 2 aliphatic heterocycles. The van der Waals surface area contributed by atoms with Crippen LogP contribution in [0.25, 0.3) is 0 Å². The summed E-state index contributed by atoms with van der Waals surface area (Å²) < 4.78 is 23.0. The quantitative estimate of drug-likeness (QED) is 0.608. The van der Waals surface area contributed by atoms with Crippen LogP contribution in [0.2, 0.25) is 0 Å². The summed E-state index contributed by atoms with van der Waals surface area (Å²) in [5, 5.41) is 1.20. The summed E-state index contributed by atoms with van der Waals surface area (Å²) in [6.07, 6.45) is 6.78. The number of nitrogens with zero attached hydrogens (tertiary/aromatic N) is 1. The van der Waals surface area contributed by atoms with Crippen molar-refractivity contribution in [3.63, 3.8) is 0 Å². The van der Waals surface area contributed by atoms with Gasteiger partial charge in [0.2, 0.25) is 9.84 Å². The van der Waals surface area contributed by atoms with Crippen LogP contribution in [0.4, 0.5) is 0 Å². The molecule has 0 saturated carbocycles. The molecule has 0 radical (unpaired) electrons. The fourth-order valence-corrected chi connectivity index (χ4v) is 2.57. The molecule has 0 saturated heterocycles. The van der Waals surface area contributed by atoms with Gasteiger partial charge in [0.1, 0.15) is 0 Å². The van der Waals surface area contributed by atoms with E-state index in [9.17, 15) is 8.42 Å². The van der Waals surface area contributed by atoms with Crippen LogP contribution in [0.15, 0.2) is 39.6 Å². The van der Waals surface area contributed by atoms with Gasteiger partial charge in [-0.05, 0) is 26.0 Å². The van der Waals surface area contributed by atoms with Crippen molar-refractivity contribution in [1.82, 2.24) is 0 Å². The van der Waals surface area contributed by atoms with Crippen molar-refractivity contribution in [2.24, 2.45) is 4.99 Å². The van der Waals surface area contributed by atoms with Crippen molar-refractivity contribution in [2.75, 3.05) is 0 Å². The van der Waals surface area contributed by atoms with Crippen LogP contribution in [0.5, 0.6) is 0 Å². The standard InChI is InChI=1S/C10H11NO2S/c1-10(2)6-3-4-9-8(11-10)5-7-14(9,12)13/h3-7H,1-2H3. The van der Waals surface area contributed by atoms with E-state index in [0.717, 1.165) is 0 Å². The third-order valence-electron chi connectivity index (χ3n) is 2.12. The van der Waals surface area contributed by atoms with Crippen LogP contribution >= 0.6 is 0 Å². The van der Waals surface area contributed by atoms with Gasteiger partial charge in [-0.1, -0.05) is 12.2 Å². The lowest BCUT2D eigenvalue weighted by Gasteiger charge is -2.13. The maximum absolute atomic E-state index is 11.5. The summed E-state index contributed by atoms with van der Waals surface area (Å²) in [5.41, 5.74) is 0.220. The Morgan fingerprint density at radius 2 is 2.07 bits per heavy atom. The average Bonchev–Trinajstić information content (AvgIpc) is 2.27. The minimum atomic E-state index is -3.22. The molecule has 0 spiro atoms. The molecular formula is C10H11NO2S. The molecule has 0 aromatic rings. The van der Waals surface area contributed by atoms with E-state index in [2.05, 4.69) is 4.99 Å². The fourth-order valence-electron chi connectivity index (χ4n) is 1.45. The molecule has 0 fully saturated rings. The Balaban J connectivity index is 2.62. The van der Waals surface area contributed by atoms with Gasteiger partial charge in [0, 0.05) is 5.41 Å². The normalized spacial score (nSPS) is 26.4. The molecule has 0 aliphatic carbocycles. The van der Waals surface area contributed by atoms with Crippen molar-refractivity contribution in [3.8, 4) is 0 Å². The number of aliphatic imine (C=N–C) groups is 1. The Morgan fingerprint density at radius 1 is 1.36 bits per heavy atom. The molecule has 2 aliphatic rings. The first-order chi connectivity index (χ1) is 6.41. The summed E-state index contributed by atoms with van der Waals surface area (Å²) in [7, 11) is -3.22. The molecule has 0 unspecified atom stereocenters. The van der Waals surface area contributed by atoms with Gasteiger partial charge in [-0.15, -0.1) is 0 Å². The molecule has 0 bridgehead atoms. The maximum atomic E-state index is 11.5. The van der Waals surface area contributed by atoms with E-state index in [1.165, 1.54) is 5.41 Å². The highest BCUT2D eigenvalue weighted by molar-refractivity contribution is 7.99. The highest BCUT2D eigenvalue weighted by Gasteiger charge is 2.28. The molecule has 0 atom stereocenters. The molecule has 0 N–H and O–H groups in total. The van der Waals surface area contributed by atoms with Crippen LogP contribution in [-0.2, 0) is 9.84 Å². The lowest BCUT2D eigenvalue weighted by Crippen LogP contribution is -2.14. The molecule has 2 rings (SSSR count). The molecule has 0 amide bonds. The summed E-state index contributed by atoms with van der Waals surface area (Å²) in [6.45, 7) is 3.87. The molecule has 4 heteroatoms. The van der Waals surface area contributed by atoms with Crippen LogP contribution < -0.4 is 0 Å². The first kappa shape index (κ1) is 9.40. The number of allylic oxidation sites excluding steroid dienone is 4. The molecule has 2 heterocycles. The zero-order valence-corrected chi connectivity index (χ0v) is 8.88. The summed E-state index contributed by atoms with van der Waals surface area (Å²) in [4.78, 5) is 4.67. The van der Waals surface area contributed by atoms with Gasteiger partial charge in [-0.25, -0.2) is 8.42 Å². The highest BCUT2D eigenvalue weighted by atomic mass is 32.2. The first-order valence-electron chi connectivity index (χ1n) is 4.34. The Bertz CT molecular complexity index is 490. The Hall–Kier alpha value is -1.16. The smallest absolute Gasteiger partial charge is 0.202 e. The van der Waals surface area contributed by atoms with E-state index in [4.69, 9.17) is 0 Å². The second kappa shape index (κ2) is 2.67. The van der Waals surface area contributed by atoms with Crippen molar-refractivity contribution in [2.45, 2.75) is 19.4 Å². The number of sulfone groups is 1. The van der Waals surface area contributed by atoms with E-state index >= 15 is 0 Å². The molecular weight excluding hydrogens is 198 g/mol. The lowest BCUT2D eigenvalue weighted by molar-refractivity contribution is 0.612. The first-order valence-corrected chi connectivity index (χ1v) is 5.88. The van der Waals surface area contributed by atoms with Gasteiger partial charge >= 0.3 is 0 Å². The third kappa shape index (κ3) is 1.46. The minimum absolute atomic E-state index is 0.305. The predicted octanol–water partition coefficient (Wildman–Crippen LogP) is 1.60. The van der Waals surface area contributed by atoms with E-state index in [1.807, 2.05) is 19.9 Å². The van der Waals surface area contributed by atoms with Gasteiger partial charge in [0.25, 0.3) is 0 Å². The zero-order valence-electron chi connectivity index (χ0n) is 8.06. The van der Waals surface area contributed by atoms with Crippen molar-refractivity contribution >= 4 is 15.5 Å². The van der Waals surface area contributed by atoms with Gasteiger partial charge in [-0.3, -0.25) is 4.99 Å². The SMILES string of the molecule is CC1(C)C=CC=C2C(=N1)C=CS2(=O)=O. The highest BCUT2D eigenvalue weighted by Crippen LogP contribution is 2.25. The van der Waals surface area contributed by atoms with Crippen LogP contribution in [0, 0.1) is 0 Å². The Labute approximate surface area is 83.5 Å². The van der Waals surface area contributed by atoms with Gasteiger partial charge < -0.3 is 0 Å². The summed E-state index contributed by atoms with van der Waals surface area (Å²) >= 11 is 0. The van der Waals surface area contributed by atoms with Crippen molar-refractivity contribution in [3.05, 3.63) is 34.6 Å². The largest absolute Gasteiger partial charge is 0.274 e. The van der Waals surface area contributed by atoms with Crippen molar-refractivity contribution in [1.29, 1.82) is 0 Å². The molecule has 74 valence electrons. The molecule has 3 nitrogen and oxygen atoms in total. The number of fused-ring (bicyclic) bond motifs is 1. The topological polar surface area (TPSA) is 46.5 Å². The average molecular weight is 209 g/mol. The summed E-state index contributed by atoms with van der Waals surface area (Å²) in [6, 6.07) is 0. The minimum Gasteiger partial charge on any atom is -0.274 e. The van der Waals surface area contributed by atoms with E-state index in [0.29, 0.717) is 10.6 Å². The second-order valence-electron chi connectivity index (χ2n) is 3.89. The number of hydrogen-bond acceptors (Lipinski definition) is 3. The summed E-state index contributed by atoms with van der Waals surface area (Å²) in [5.74, 6) is 0. The van der Waals surface area contributed by atoms with Crippen LogP contribution in [-0.4, -0.2) is 19.7 Å². The van der Waals surface area contributed by atoms with Crippen LogP contribution in [0.1, 0.15) is 13.8 Å². The maximum Gasteiger partial charge on any atom is 0.202 e. The second-order valence-corrected chi connectivity index (χ2v) is 5.69. The predicted molar refractivity (Wildman–Crippen MR) is 56.8 cm³/mol. The molecule has 14 heavy (non-hydrogen) atoms. The number of rotatable bonds is 0. The Morgan fingerprint density at radius 3 is 2.79 bits per heavy atom. The van der Waals surface area contributed by atoms with Gasteiger partial charge in [0.05, 0.1) is 16.2 Å². The molecule has 0 aromatic carbocycles. The monoisotopic (exact) mass is 209 g/mol. The zero-order chi connectivity index (χ0) is 10.4. The number of hydrogen-bond donors (Lipinski definition) is 0. The Kier molecular flexibility index (Phi) is 1.79. The van der Waals surface area contributed by atoms with E-state index in [1.54, 1.807) is 18.2 Å². The lowest BCUT2D eigenvalue weighted by atomic mass is 10.1.